The Morgan fingerprint density at radius 2 is 1.40 bits per heavy atom. The van der Waals surface area contributed by atoms with E-state index in [4.69, 9.17) is 0 Å². The smallest absolute Gasteiger partial charge is 0.0429 e. The molecule has 3 rings (SSSR count). The molecule has 0 amide bonds. The molecular formula is C22H23ClN2. The molecule has 2 aromatic carbocycles. The van der Waals surface area contributed by atoms with Crippen LogP contribution >= 0.6 is 12.4 Å². The van der Waals surface area contributed by atoms with E-state index in [0.717, 1.165) is 18.7 Å². The van der Waals surface area contributed by atoms with Gasteiger partial charge in [-0.15, -0.1) is 12.4 Å². The summed E-state index contributed by atoms with van der Waals surface area (Å²) in [5, 5.41) is 0. The predicted octanol–water partition coefficient (Wildman–Crippen LogP) is 5.70. The molecule has 0 bridgehead atoms. The van der Waals surface area contributed by atoms with Gasteiger partial charge in [0.25, 0.3) is 0 Å². The van der Waals surface area contributed by atoms with Crippen LogP contribution in [0.15, 0.2) is 79.1 Å². The highest BCUT2D eigenvalue weighted by atomic mass is 35.5. The van der Waals surface area contributed by atoms with Gasteiger partial charge in [-0.1, -0.05) is 54.6 Å². The number of halogens is 1. The first kappa shape index (κ1) is 18.8. The first-order chi connectivity index (χ1) is 11.8. The van der Waals surface area contributed by atoms with E-state index in [-0.39, 0.29) is 12.4 Å². The summed E-state index contributed by atoms with van der Waals surface area (Å²) in [5.74, 6) is 0. The molecule has 0 aliphatic carbocycles. The van der Waals surface area contributed by atoms with Gasteiger partial charge in [-0.25, -0.2) is 0 Å². The minimum absolute atomic E-state index is 0. The normalized spacial score (nSPS) is 10.4. The van der Waals surface area contributed by atoms with Gasteiger partial charge in [0.2, 0.25) is 0 Å². The number of pyridine rings is 1. The maximum atomic E-state index is 4.04. The third-order valence-electron chi connectivity index (χ3n) is 4.03. The van der Waals surface area contributed by atoms with Crippen molar-refractivity contribution in [3.05, 3.63) is 95.8 Å². The number of hydrogen-bond donors (Lipinski definition) is 0. The van der Waals surface area contributed by atoms with Crippen molar-refractivity contribution < 1.29 is 0 Å². The number of benzene rings is 2. The van der Waals surface area contributed by atoms with Crippen molar-refractivity contribution in [1.82, 2.24) is 4.98 Å². The summed E-state index contributed by atoms with van der Waals surface area (Å²) in [6.45, 7) is 4.12. The summed E-state index contributed by atoms with van der Waals surface area (Å²) in [4.78, 5) is 6.42. The lowest BCUT2D eigenvalue weighted by atomic mass is 10.1. The molecule has 0 aliphatic heterocycles. The number of hydrogen-bond acceptors (Lipinski definition) is 2. The van der Waals surface area contributed by atoms with Crippen LogP contribution in [-0.4, -0.2) is 11.5 Å². The highest BCUT2D eigenvalue weighted by Gasteiger charge is 2.04. The van der Waals surface area contributed by atoms with Gasteiger partial charge >= 0.3 is 0 Å². The van der Waals surface area contributed by atoms with E-state index in [2.05, 4.69) is 83.6 Å². The molecule has 1 heterocycles. The second kappa shape index (κ2) is 9.65. The fraction of sp³-hybridized carbons (Fsp3) is 0.136. The van der Waals surface area contributed by atoms with Crippen LogP contribution in [0.1, 0.15) is 23.6 Å². The van der Waals surface area contributed by atoms with Crippen LogP contribution in [0.4, 0.5) is 5.69 Å². The maximum absolute atomic E-state index is 4.04. The molecule has 3 heteroatoms. The zero-order chi connectivity index (χ0) is 16.6. The molecule has 0 saturated carbocycles. The van der Waals surface area contributed by atoms with E-state index in [0.29, 0.717) is 0 Å². The zero-order valence-electron chi connectivity index (χ0n) is 14.4. The van der Waals surface area contributed by atoms with Gasteiger partial charge in [-0.05, 0) is 47.9 Å². The van der Waals surface area contributed by atoms with Gasteiger partial charge in [0, 0.05) is 31.2 Å². The van der Waals surface area contributed by atoms with E-state index in [1.165, 1.54) is 16.8 Å². The molecule has 2 nitrogen and oxygen atoms in total. The highest BCUT2D eigenvalue weighted by Crippen LogP contribution is 2.19. The quantitative estimate of drug-likeness (QED) is 0.566. The number of aromatic nitrogens is 1. The summed E-state index contributed by atoms with van der Waals surface area (Å²) < 4.78 is 0. The van der Waals surface area contributed by atoms with Crippen LogP contribution < -0.4 is 4.90 Å². The maximum Gasteiger partial charge on any atom is 0.0429 e. The Morgan fingerprint density at radius 3 is 2.00 bits per heavy atom. The summed E-state index contributed by atoms with van der Waals surface area (Å²) in [7, 11) is 0. The fourth-order valence-corrected chi connectivity index (χ4v) is 2.65. The highest BCUT2D eigenvalue weighted by molar-refractivity contribution is 5.85. The standard InChI is InChI=1S/C22H22N2.ClH/c1-2-24(18-21-6-4-3-5-7-21)22-12-10-19(11-13-22)8-9-20-14-16-23-17-15-20;/h3-17H,2,18H2,1H3;1H. The van der Waals surface area contributed by atoms with Crippen LogP contribution in [-0.2, 0) is 6.54 Å². The van der Waals surface area contributed by atoms with Crippen LogP contribution in [0.25, 0.3) is 12.2 Å². The molecule has 0 spiro atoms. The van der Waals surface area contributed by atoms with Gasteiger partial charge in [-0.3, -0.25) is 4.98 Å². The average molecular weight is 351 g/mol. The van der Waals surface area contributed by atoms with Crippen molar-refractivity contribution in [3.8, 4) is 0 Å². The molecule has 0 radical (unpaired) electrons. The summed E-state index contributed by atoms with van der Waals surface area (Å²) in [6.07, 6.45) is 7.86. The van der Waals surface area contributed by atoms with Crippen molar-refractivity contribution in [1.29, 1.82) is 0 Å². The molecule has 128 valence electrons. The second-order valence-corrected chi connectivity index (χ2v) is 5.71. The SMILES string of the molecule is CCN(Cc1ccccc1)c1ccc(C=Cc2ccncc2)cc1.Cl. The first-order valence-corrected chi connectivity index (χ1v) is 8.32. The molecule has 1 aromatic heterocycles. The van der Waals surface area contributed by atoms with Crippen molar-refractivity contribution in [2.75, 3.05) is 11.4 Å². The Hall–Kier alpha value is -2.58. The molecule has 0 atom stereocenters. The van der Waals surface area contributed by atoms with Crippen molar-refractivity contribution in [2.24, 2.45) is 0 Å². The molecule has 3 aromatic rings. The minimum atomic E-state index is 0. The van der Waals surface area contributed by atoms with E-state index in [9.17, 15) is 0 Å². The van der Waals surface area contributed by atoms with Crippen LogP contribution in [0.2, 0.25) is 0 Å². The van der Waals surface area contributed by atoms with Crippen LogP contribution in [0.3, 0.4) is 0 Å². The Bertz CT molecular complexity index is 768. The zero-order valence-corrected chi connectivity index (χ0v) is 15.2. The topological polar surface area (TPSA) is 16.1 Å². The van der Waals surface area contributed by atoms with Gasteiger partial charge in [0.1, 0.15) is 0 Å². The fourth-order valence-electron chi connectivity index (χ4n) is 2.65. The Labute approximate surface area is 156 Å². The Balaban J connectivity index is 0.00000225. The third kappa shape index (κ3) is 5.47. The number of nitrogens with zero attached hydrogens (tertiary/aromatic N) is 2. The summed E-state index contributed by atoms with van der Waals surface area (Å²) >= 11 is 0. The molecule has 0 unspecified atom stereocenters. The minimum Gasteiger partial charge on any atom is -0.367 e. The number of rotatable bonds is 6. The monoisotopic (exact) mass is 350 g/mol. The van der Waals surface area contributed by atoms with Crippen LogP contribution in [0, 0.1) is 0 Å². The lowest BCUT2D eigenvalue weighted by Gasteiger charge is -2.23. The molecular weight excluding hydrogens is 328 g/mol. The van der Waals surface area contributed by atoms with Gasteiger partial charge < -0.3 is 4.90 Å². The van der Waals surface area contributed by atoms with E-state index in [1.54, 1.807) is 0 Å². The molecule has 25 heavy (non-hydrogen) atoms. The average Bonchev–Trinajstić information content (AvgIpc) is 2.67. The predicted molar refractivity (Wildman–Crippen MR) is 110 cm³/mol. The van der Waals surface area contributed by atoms with Crippen LogP contribution in [0.5, 0.6) is 0 Å². The molecule has 0 N–H and O–H groups in total. The molecule has 0 aliphatic rings. The lowest BCUT2D eigenvalue weighted by Crippen LogP contribution is -2.21. The number of anilines is 1. The molecule has 0 fully saturated rings. The third-order valence-corrected chi connectivity index (χ3v) is 4.03. The van der Waals surface area contributed by atoms with Gasteiger partial charge in [0.05, 0.1) is 0 Å². The lowest BCUT2D eigenvalue weighted by molar-refractivity contribution is 0.832. The van der Waals surface area contributed by atoms with Gasteiger partial charge in [0.15, 0.2) is 0 Å². The van der Waals surface area contributed by atoms with E-state index in [1.807, 2.05) is 24.5 Å². The van der Waals surface area contributed by atoms with E-state index >= 15 is 0 Å². The summed E-state index contributed by atoms with van der Waals surface area (Å²) in [6, 6.07) is 23.3. The second-order valence-electron chi connectivity index (χ2n) is 5.71. The Morgan fingerprint density at radius 1 is 0.800 bits per heavy atom. The first-order valence-electron chi connectivity index (χ1n) is 8.32. The largest absolute Gasteiger partial charge is 0.367 e. The van der Waals surface area contributed by atoms with Crippen molar-refractivity contribution in [3.63, 3.8) is 0 Å². The summed E-state index contributed by atoms with van der Waals surface area (Å²) in [5.41, 5.74) is 4.95. The van der Waals surface area contributed by atoms with Crippen molar-refractivity contribution >= 4 is 30.2 Å². The Kier molecular flexibility index (Phi) is 7.24. The van der Waals surface area contributed by atoms with E-state index < -0.39 is 0 Å². The van der Waals surface area contributed by atoms with Crippen molar-refractivity contribution in [2.45, 2.75) is 13.5 Å². The van der Waals surface area contributed by atoms with Gasteiger partial charge in [-0.2, -0.15) is 0 Å². The molecule has 0 saturated heterocycles.